The first-order chi connectivity index (χ1) is 11.4. The molecule has 4 nitrogen and oxygen atoms in total. The average molecular weight is 348 g/mol. The van der Waals surface area contributed by atoms with E-state index in [1.807, 2.05) is 0 Å². The highest BCUT2D eigenvalue weighted by molar-refractivity contribution is 7.10. The van der Waals surface area contributed by atoms with Crippen LogP contribution in [0.2, 0.25) is 0 Å². The minimum absolute atomic E-state index is 0.0298. The van der Waals surface area contributed by atoms with Crippen LogP contribution in [0.25, 0.3) is 0 Å². The Morgan fingerprint density at radius 2 is 1.88 bits per heavy atom. The number of rotatable bonds is 2. The predicted molar refractivity (Wildman–Crippen MR) is 85.0 cm³/mol. The van der Waals surface area contributed by atoms with Crippen molar-refractivity contribution in [2.24, 2.45) is 10.7 Å². The second-order valence-electron chi connectivity index (χ2n) is 5.04. The molecule has 0 aliphatic carbocycles. The molecule has 1 aliphatic heterocycles. The summed E-state index contributed by atoms with van der Waals surface area (Å²) in [7, 11) is 0. The molecule has 1 atom stereocenters. The van der Waals surface area contributed by atoms with E-state index in [0.717, 1.165) is 11.3 Å². The zero-order valence-electron chi connectivity index (χ0n) is 12.1. The fraction of sp³-hybridized carbons (Fsp3) is 0.125. The molecule has 0 spiro atoms. The number of hydrogen-bond donors (Lipinski definition) is 2. The number of aliphatic imine (C=N–C) groups is 1. The molecule has 1 unspecified atom stereocenters. The van der Waals surface area contributed by atoms with E-state index >= 15 is 0 Å². The SMILES string of the molecule is N#CC1=C(N)NC(c2ccccc2)=NC1(c1cccs1)C(F)(F)F. The van der Waals surface area contributed by atoms with Crippen molar-refractivity contribution in [3.8, 4) is 6.07 Å². The molecule has 2 heterocycles. The van der Waals surface area contributed by atoms with Gasteiger partial charge >= 0.3 is 6.18 Å². The van der Waals surface area contributed by atoms with Gasteiger partial charge in [-0.3, -0.25) is 0 Å². The van der Waals surface area contributed by atoms with E-state index in [-0.39, 0.29) is 16.5 Å². The van der Waals surface area contributed by atoms with Gasteiger partial charge in [0.25, 0.3) is 0 Å². The van der Waals surface area contributed by atoms with Crippen molar-refractivity contribution in [3.63, 3.8) is 0 Å². The van der Waals surface area contributed by atoms with Gasteiger partial charge in [-0.05, 0) is 11.4 Å². The van der Waals surface area contributed by atoms with Crippen LogP contribution in [0, 0.1) is 11.3 Å². The first-order valence-corrected chi connectivity index (χ1v) is 7.71. The lowest BCUT2D eigenvalue weighted by Crippen LogP contribution is -2.50. The van der Waals surface area contributed by atoms with Gasteiger partial charge in [0.15, 0.2) is 0 Å². The Hall–Kier alpha value is -2.79. The Labute approximate surface area is 139 Å². The van der Waals surface area contributed by atoms with Crippen LogP contribution in [0.5, 0.6) is 0 Å². The van der Waals surface area contributed by atoms with Gasteiger partial charge in [0, 0.05) is 10.4 Å². The minimum atomic E-state index is -4.82. The third-order valence-electron chi connectivity index (χ3n) is 3.61. The third-order valence-corrected chi connectivity index (χ3v) is 4.59. The molecule has 0 saturated carbocycles. The summed E-state index contributed by atoms with van der Waals surface area (Å²) in [6, 6.07) is 12.7. The van der Waals surface area contributed by atoms with Gasteiger partial charge in [-0.2, -0.15) is 18.4 Å². The third kappa shape index (κ3) is 2.34. The average Bonchev–Trinajstić information content (AvgIpc) is 3.08. The van der Waals surface area contributed by atoms with Gasteiger partial charge in [0.2, 0.25) is 5.54 Å². The van der Waals surface area contributed by atoms with E-state index in [9.17, 15) is 18.4 Å². The molecule has 2 aromatic rings. The molecule has 3 rings (SSSR count). The van der Waals surface area contributed by atoms with Crippen molar-refractivity contribution in [2.45, 2.75) is 11.7 Å². The van der Waals surface area contributed by atoms with Crippen LogP contribution in [0.3, 0.4) is 0 Å². The van der Waals surface area contributed by atoms with Gasteiger partial charge < -0.3 is 11.1 Å². The summed E-state index contributed by atoms with van der Waals surface area (Å²) in [6.07, 6.45) is -4.82. The molecule has 122 valence electrons. The van der Waals surface area contributed by atoms with Gasteiger partial charge in [0.1, 0.15) is 23.3 Å². The lowest BCUT2D eigenvalue weighted by atomic mass is 9.86. The van der Waals surface area contributed by atoms with Gasteiger partial charge in [-0.1, -0.05) is 36.4 Å². The predicted octanol–water partition coefficient (Wildman–Crippen LogP) is 3.25. The molecular formula is C16H11F3N4S. The molecule has 8 heteroatoms. The quantitative estimate of drug-likeness (QED) is 0.875. The molecule has 0 radical (unpaired) electrons. The highest BCUT2D eigenvalue weighted by Gasteiger charge is 2.62. The fourth-order valence-electron chi connectivity index (χ4n) is 2.52. The normalized spacial score (nSPS) is 21.0. The summed E-state index contributed by atoms with van der Waals surface area (Å²) >= 11 is 0.878. The largest absolute Gasteiger partial charge is 0.423 e. The van der Waals surface area contributed by atoms with Crippen molar-refractivity contribution in [2.75, 3.05) is 0 Å². The maximum Gasteiger partial charge on any atom is 0.423 e. The van der Waals surface area contributed by atoms with E-state index in [2.05, 4.69) is 10.3 Å². The standard InChI is InChI=1S/C16H11F3N4S/c17-16(18,19)15(12-7-4-8-24-12)11(9-20)13(21)22-14(23-15)10-5-2-1-3-6-10/h1-8H,21H2,(H,22,23). The van der Waals surface area contributed by atoms with Crippen LogP contribution in [0.15, 0.2) is 64.2 Å². The van der Waals surface area contributed by atoms with Gasteiger partial charge in [-0.15, -0.1) is 11.3 Å². The molecule has 1 aromatic carbocycles. The van der Waals surface area contributed by atoms with Gasteiger partial charge in [-0.25, -0.2) is 4.99 Å². The second kappa shape index (κ2) is 5.69. The number of hydrogen-bond acceptors (Lipinski definition) is 5. The Kier molecular flexibility index (Phi) is 3.81. The zero-order valence-corrected chi connectivity index (χ0v) is 12.9. The first kappa shape index (κ1) is 16.1. The molecule has 1 aliphatic rings. The number of nitrogens with zero attached hydrogens (tertiary/aromatic N) is 2. The van der Waals surface area contributed by atoms with Crippen LogP contribution in [0.1, 0.15) is 10.4 Å². The Morgan fingerprint density at radius 3 is 2.42 bits per heavy atom. The van der Waals surface area contributed by atoms with E-state index in [0.29, 0.717) is 5.56 Å². The highest BCUT2D eigenvalue weighted by atomic mass is 32.1. The number of thiophene rings is 1. The number of benzene rings is 1. The Bertz CT molecular complexity index is 848. The monoisotopic (exact) mass is 348 g/mol. The molecule has 1 aromatic heterocycles. The molecule has 0 amide bonds. The van der Waals surface area contributed by atoms with Crippen molar-refractivity contribution in [1.82, 2.24) is 5.32 Å². The summed E-state index contributed by atoms with van der Waals surface area (Å²) < 4.78 is 42.3. The van der Waals surface area contributed by atoms with Crippen molar-refractivity contribution in [1.29, 1.82) is 5.26 Å². The Balaban J connectivity index is 2.32. The summed E-state index contributed by atoms with van der Waals surface area (Å²) in [5.41, 5.74) is 2.75. The summed E-state index contributed by atoms with van der Waals surface area (Å²) in [6.45, 7) is 0. The smallest absolute Gasteiger partial charge is 0.384 e. The Morgan fingerprint density at radius 1 is 1.17 bits per heavy atom. The van der Waals surface area contributed by atoms with Crippen LogP contribution < -0.4 is 11.1 Å². The second-order valence-corrected chi connectivity index (χ2v) is 5.99. The van der Waals surface area contributed by atoms with E-state index in [1.54, 1.807) is 36.4 Å². The van der Waals surface area contributed by atoms with E-state index in [4.69, 9.17) is 5.73 Å². The topological polar surface area (TPSA) is 74.2 Å². The number of halogens is 3. The molecular weight excluding hydrogens is 337 g/mol. The van der Waals surface area contributed by atoms with E-state index < -0.39 is 17.3 Å². The van der Waals surface area contributed by atoms with E-state index in [1.165, 1.54) is 17.5 Å². The maximum absolute atomic E-state index is 14.1. The maximum atomic E-state index is 14.1. The van der Waals surface area contributed by atoms with Crippen LogP contribution in [-0.4, -0.2) is 12.0 Å². The number of alkyl halides is 3. The molecule has 0 bridgehead atoms. The molecule has 0 saturated heterocycles. The molecule has 24 heavy (non-hydrogen) atoms. The number of nitriles is 1. The number of nitrogens with two attached hydrogens (primary N) is 1. The minimum Gasteiger partial charge on any atom is -0.384 e. The zero-order chi connectivity index (χ0) is 17.4. The molecule has 3 N–H and O–H groups in total. The molecule has 0 fully saturated rings. The van der Waals surface area contributed by atoms with Crippen molar-refractivity contribution >= 4 is 17.2 Å². The fourth-order valence-corrected chi connectivity index (χ4v) is 3.41. The summed E-state index contributed by atoms with van der Waals surface area (Å²) in [5, 5.41) is 13.4. The number of nitrogens with one attached hydrogen (secondary N) is 1. The van der Waals surface area contributed by atoms with Gasteiger partial charge in [0.05, 0.1) is 0 Å². The van der Waals surface area contributed by atoms with Crippen molar-refractivity contribution < 1.29 is 13.2 Å². The summed E-state index contributed by atoms with van der Waals surface area (Å²) in [5.74, 6) is -0.380. The van der Waals surface area contributed by atoms with Crippen LogP contribution in [0.4, 0.5) is 13.2 Å². The van der Waals surface area contributed by atoms with Crippen molar-refractivity contribution in [3.05, 3.63) is 69.7 Å². The number of amidine groups is 1. The lowest BCUT2D eigenvalue weighted by Gasteiger charge is -2.35. The van der Waals surface area contributed by atoms with Crippen LogP contribution in [-0.2, 0) is 5.54 Å². The highest BCUT2D eigenvalue weighted by Crippen LogP contribution is 2.50. The first-order valence-electron chi connectivity index (χ1n) is 6.83. The summed E-state index contributed by atoms with van der Waals surface area (Å²) in [4.78, 5) is 3.82. The lowest BCUT2D eigenvalue weighted by molar-refractivity contribution is -0.175. The van der Waals surface area contributed by atoms with Crippen LogP contribution >= 0.6 is 11.3 Å².